The van der Waals surface area contributed by atoms with Gasteiger partial charge in [0.25, 0.3) is 0 Å². The van der Waals surface area contributed by atoms with Crippen molar-refractivity contribution in [2.75, 3.05) is 52.0 Å². The second-order valence-corrected chi connectivity index (χ2v) is 25.0. The van der Waals surface area contributed by atoms with Crippen molar-refractivity contribution in [3.8, 4) is 28.7 Å². The van der Waals surface area contributed by atoms with Crippen LogP contribution in [-0.4, -0.2) is 47.1 Å². The van der Waals surface area contributed by atoms with E-state index in [9.17, 15) is 0 Å². The Balaban J connectivity index is 0.000000477. The first kappa shape index (κ1) is 68.9. The van der Waals surface area contributed by atoms with Gasteiger partial charge in [0, 0.05) is 30.9 Å². The van der Waals surface area contributed by atoms with Crippen LogP contribution in [0.2, 0.25) is 5.02 Å². The summed E-state index contributed by atoms with van der Waals surface area (Å²) in [6.45, 7) is 53.0. The molecule has 0 N–H and O–H groups in total. The van der Waals surface area contributed by atoms with E-state index in [1.807, 2.05) is 66.9 Å². The molecule has 6 nitrogen and oxygen atoms in total. The van der Waals surface area contributed by atoms with Gasteiger partial charge in [0.05, 0.1) is 33.0 Å². The molecule has 7 heteroatoms. The van der Waals surface area contributed by atoms with Gasteiger partial charge < -0.3 is 28.6 Å². The molecule has 0 amide bonds. The van der Waals surface area contributed by atoms with Crippen molar-refractivity contribution in [2.24, 2.45) is 0 Å². The lowest BCUT2D eigenvalue weighted by atomic mass is 9.85. The molecule has 0 unspecified atom stereocenters. The smallest absolute Gasteiger partial charge is 0.125 e. The van der Waals surface area contributed by atoms with Crippen LogP contribution in [0.3, 0.4) is 0 Å². The lowest BCUT2D eigenvalue weighted by Gasteiger charge is -2.24. The van der Waals surface area contributed by atoms with E-state index in [0.29, 0.717) is 19.8 Å². The predicted molar refractivity (Wildman–Crippen MR) is 334 cm³/mol. The highest BCUT2D eigenvalue weighted by Gasteiger charge is 2.23. The first-order valence-electron chi connectivity index (χ1n) is 28.0. The highest BCUT2D eigenvalue weighted by molar-refractivity contribution is 6.30. The Morgan fingerprint density at radius 3 is 1.03 bits per heavy atom. The fourth-order valence-corrected chi connectivity index (χ4v) is 8.21. The Kier molecular flexibility index (Phi) is 29.0. The summed E-state index contributed by atoms with van der Waals surface area (Å²) in [7, 11) is 4.09. The molecule has 5 aromatic carbocycles. The molecule has 0 aromatic heterocycles. The van der Waals surface area contributed by atoms with E-state index in [1.165, 1.54) is 56.6 Å². The molecule has 424 valence electrons. The molecule has 0 saturated carbocycles. The molecule has 0 aliphatic heterocycles. The molecule has 76 heavy (non-hydrogen) atoms. The molecule has 0 spiro atoms. The Hall–Kier alpha value is -5.07. The van der Waals surface area contributed by atoms with Crippen molar-refractivity contribution in [2.45, 2.75) is 199 Å². The van der Waals surface area contributed by atoms with E-state index in [4.69, 9.17) is 35.3 Å². The lowest BCUT2D eigenvalue weighted by molar-refractivity contribution is 0.329. The number of rotatable bonds is 14. The second kappa shape index (κ2) is 32.0. The summed E-state index contributed by atoms with van der Waals surface area (Å²) >= 11 is 5.92. The Morgan fingerprint density at radius 2 is 0.697 bits per heavy atom. The first-order valence-corrected chi connectivity index (χ1v) is 28.4. The normalized spacial score (nSPS) is 11.6. The van der Waals surface area contributed by atoms with E-state index in [1.54, 1.807) is 0 Å². The third-order valence-corrected chi connectivity index (χ3v) is 12.2. The quantitative estimate of drug-likeness (QED) is 0.110. The molecule has 0 atom stereocenters. The number of nitrogens with zero attached hydrogens (tertiary/aromatic N) is 1. The van der Waals surface area contributed by atoms with Crippen molar-refractivity contribution in [3.05, 3.63) is 147 Å². The van der Waals surface area contributed by atoms with Crippen LogP contribution in [0, 0.1) is 13.8 Å². The SMILES string of the molecule is CCC/C=C/c1ccc(C(C)(C)C)c(OCC)c1.CCOc1cc(C)ccc1C(C)(C)C.CCOc1cc(C)ccc1C(C)(C)C.CCOc1cc(Cl)ccc1C(C)(C)C.CCOc1cc(N(C)C)ccc1C(C)(C)C. The van der Waals surface area contributed by atoms with Crippen LogP contribution >= 0.6 is 11.6 Å². The monoisotopic (exact) mass is 1060 g/mol. The van der Waals surface area contributed by atoms with Gasteiger partial charge in [-0.2, -0.15) is 0 Å². The highest BCUT2D eigenvalue weighted by atomic mass is 35.5. The minimum absolute atomic E-state index is 0.0924. The molecule has 0 fully saturated rings. The van der Waals surface area contributed by atoms with Gasteiger partial charge in [0.1, 0.15) is 28.7 Å². The van der Waals surface area contributed by atoms with E-state index in [2.05, 4.69) is 214 Å². The van der Waals surface area contributed by atoms with Crippen LogP contribution in [0.1, 0.15) is 203 Å². The summed E-state index contributed by atoms with van der Waals surface area (Å²) in [6.07, 6.45) is 6.72. The second-order valence-electron chi connectivity index (χ2n) is 24.6. The average Bonchev–Trinajstić information content (AvgIpc) is 3.29. The molecular weight excluding hydrogens is 958 g/mol. The Bertz CT molecular complexity index is 2330. The molecule has 5 rings (SSSR count). The maximum absolute atomic E-state index is 5.92. The zero-order valence-corrected chi connectivity index (χ0v) is 53.4. The number of hydrogen-bond donors (Lipinski definition) is 0. The molecule has 0 heterocycles. The van der Waals surface area contributed by atoms with Crippen molar-refractivity contribution < 1.29 is 23.7 Å². The molecule has 0 aliphatic carbocycles. The largest absolute Gasteiger partial charge is 0.494 e. The summed E-state index contributed by atoms with van der Waals surface area (Å²) in [5.74, 6) is 4.97. The van der Waals surface area contributed by atoms with Crippen LogP contribution in [0.25, 0.3) is 6.08 Å². The van der Waals surface area contributed by atoms with Crippen LogP contribution in [-0.2, 0) is 27.1 Å². The minimum Gasteiger partial charge on any atom is -0.494 e. The first-order chi connectivity index (χ1) is 35.2. The van der Waals surface area contributed by atoms with Crippen molar-refractivity contribution >= 4 is 23.4 Å². The predicted octanol–water partition coefficient (Wildman–Crippen LogP) is 20.1. The number of ether oxygens (including phenoxy) is 5. The Morgan fingerprint density at radius 1 is 0.395 bits per heavy atom. The van der Waals surface area contributed by atoms with E-state index in [0.717, 1.165) is 53.4 Å². The molecule has 0 radical (unpaired) electrons. The lowest BCUT2D eigenvalue weighted by Crippen LogP contribution is -2.15. The van der Waals surface area contributed by atoms with Gasteiger partial charge >= 0.3 is 0 Å². The summed E-state index contributed by atoms with van der Waals surface area (Å²) in [4.78, 5) is 2.09. The van der Waals surface area contributed by atoms with Gasteiger partial charge in [0.2, 0.25) is 0 Å². The number of hydrogen-bond acceptors (Lipinski definition) is 6. The number of allylic oxidation sites excluding steroid dienone is 1. The fourth-order valence-electron chi connectivity index (χ4n) is 8.05. The minimum atomic E-state index is 0.0924. The maximum atomic E-state index is 5.92. The van der Waals surface area contributed by atoms with Crippen molar-refractivity contribution in [1.29, 1.82) is 0 Å². The maximum Gasteiger partial charge on any atom is 0.125 e. The van der Waals surface area contributed by atoms with E-state index < -0.39 is 0 Å². The van der Waals surface area contributed by atoms with Crippen molar-refractivity contribution in [1.82, 2.24) is 0 Å². The van der Waals surface area contributed by atoms with Gasteiger partial charge in [-0.3, -0.25) is 0 Å². The van der Waals surface area contributed by atoms with Gasteiger partial charge in [-0.25, -0.2) is 0 Å². The van der Waals surface area contributed by atoms with E-state index in [-0.39, 0.29) is 27.1 Å². The molecule has 0 saturated heterocycles. The number of aryl methyl sites for hydroxylation is 2. The van der Waals surface area contributed by atoms with Crippen molar-refractivity contribution in [3.63, 3.8) is 0 Å². The molecule has 5 aromatic rings. The number of anilines is 1. The van der Waals surface area contributed by atoms with Gasteiger partial charge in [-0.05, 0) is 163 Å². The van der Waals surface area contributed by atoms with Gasteiger partial charge in [0.15, 0.2) is 0 Å². The summed E-state index contributed by atoms with van der Waals surface area (Å²) in [6, 6.07) is 31.6. The Labute approximate surface area is 471 Å². The summed E-state index contributed by atoms with van der Waals surface area (Å²) in [5.41, 5.74) is 11.8. The standard InChI is InChI=1S/C17H26O.C14H23NO.2C13H20O.C12H17ClO/c1-6-8-9-10-14-11-12-15(17(3,4)5)16(13-14)18-7-2;1-7-16-13-10-11(15(5)6)8-9-12(13)14(2,3)4;2*1-6-14-12-9-10(2)7-8-11(12)13(3,4)5;1-5-14-11-8-9(13)6-7-10(11)12(2,3)4/h9-13H,6-8H2,1-5H3;8-10H,7H2,1-6H3;2*7-9H,6H2,1-5H3;6-8H,5H2,1-4H3/b10-9+;;;;. The van der Waals surface area contributed by atoms with Gasteiger partial charge in [-0.15, -0.1) is 0 Å². The fraction of sp³-hybridized carbons (Fsp3) is 0.536. The molecule has 0 aliphatic rings. The third-order valence-electron chi connectivity index (χ3n) is 12.0. The van der Waals surface area contributed by atoms with E-state index >= 15 is 0 Å². The van der Waals surface area contributed by atoms with Crippen LogP contribution in [0.15, 0.2) is 97.1 Å². The number of halogens is 1. The third kappa shape index (κ3) is 24.5. The topological polar surface area (TPSA) is 49.4 Å². The highest BCUT2D eigenvalue weighted by Crippen LogP contribution is 2.37. The summed E-state index contributed by atoms with van der Waals surface area (Å²) in [5, 5.41) is 0.724. The zero-order chi connectivity index (χ0) is 58.2. The molecular formula is C69H106ClNO5. The van der Waals surface area contributed by atoms with Gasteiger partial charge in [-0.1, -0.05) is 189 Å². The zero-order valence-electron chi connectivity index (χ0n) is 52.6. The van der Waals surface area contributed by atoms with Crippen LogP contribution in [0.4, 0.5) is 5.69 Å². The number of unbranched alkanes of at least 4 members (excludes halogenated alkanes) is 1. The molecule has 0 bridgehead atoms. The van der Waals surface area contributed by atoms with Crippen LogP contribution < -0.4 is 28.6 Å². The number of benzene rings is 5. The van der Waals surface area contributed by atoms with Crippen LogP contribution in [0.5, 0.6) is 28.7 Å². The summed E-state index contributed by atoms with van der Waals surface area (Å²) < 4.78 is 28.4. The average molecular weight is 1070 g/mol.